The maximum absolute atomic E-state index is 14.2. The lowest BCUT2D eigenvalue weighted by Gasteiger charge is -2.32. The summed E-state index contributed by atoms with van der Waals surface area (Å²) in [6, 6.07) is 14.5. The van der Waals surface area contributed by atoms with Gasteiger partial charge >= 0.3 is 0 Å². The summed E-state index contributed by atoms with van der Waals surface area (Å²) >= 11 is 1.39. The Kier molecular flexibility index (Phi) is 7.27. The molecule has 0 bridgehead atoms. The van der Waals surface area contributed by atoms with Crippen LogP contribution in [0.3, 0.4) is 0 Å². The summed E-state index contributed by atoms with van der Waals surface area (Å²) in [5.41, 5.74) is 0.756. The molecule has 2 aromatic heterocycles. The van der Waals surface area contributed by atoms with Crippen LogP contribution in [-0.2, 0) is 21.4 Å². The summed E-state index contributed by atoms with van der Waals surface area (Å²) in [5, 5.41) is 0.534. The zero-order chi connectivity index (χ0) is 26.0. The molecule has 37 heavy (non-hydrogen) atoms. The van der Waals surface area contributed by atoms with Crippen LogP contribution in [0.1, 0.15) is 25.5 Å². The van der Waals surface area contributed by atoms with E-state index in [2.05, 4.69) is 0 Å². The summed E-state index contributed by atoms with van der Waals surface area (Å²) in [6.07, 6.45) is 2.19. The molecule has 1 amide bonds. The third kappa shape index (κ3) is 5.25. The lowest BCUT2D eigenvalue weighted by atomic mass is 9.96. The average molecular weight is 544 g/mol. The van der Waals surface area contributed by atoms with E-state index >= 15 is 0 Å². The number of nitrogens with zero attached hydrogens (tertiary/aromatic N) is 3. The van der Waals surface area contributed by atoms with Crippen molar-refractivity contribution in [1.29, 1.82) is 0 Å². The molecule has 1 aliphatic rings. The second-order valence-electron chi connectivity index (χ2n) is 8.67. The molecule has 1 saturated heterocycles. The molecule has 194 valence electrons. The van der Waals surface area contributed by atoms with Gasteiger partial charge in [-0.1, -0.05) is 23.5 Å². The van der Waals surface area contributed by atoms with Gasteiger partial charge in [-0.15, -0.1) is 0 Å². The molecular formula is C26H26FN3O5S2. The predicted octanol–water partition coefficient (Wildman–Crippen LogP) is 5.06. The summed E-state index contributed by atoms with van der Waals surface area (Å²) in [5.74, 6) is 0.00448. The molecule has 0 unspecified atom stereocenters. The van der Waals surface area contributed by atoms with Crippen molar-refractivity contribution in [3.05, 3.63) is 72.4 Å². The molecule has 0 atom stereocenters. The number of sulfonamides is 1. The van der Waals surface area contributed by atoms with E-state index < -0.39 is 21.8 Å². The molecular weight excluding hydrogens is 517 g/mol. The number of anilines is 1. The first-order chi connectivity index (χ1) is 17.9. The summed E-state index contributed by atoms with van der Waals surface area (Å²) in [6.45, 7) is 2.92. The number of amides is 1. The maximum atomic E-state index is 14.2. The molecule has 0 aliphatic carbocycles. The topological polar surface area (TPSA) is 92.9 Å². The van der Waals surface area contributed by atoms with Crippen molar-refractivity contribution in [2.75, 3.05) is 24.6 Å². The maximum Gasteiger partial charge on any atom is 0.245 e. The lowest BCUT2D eigenvalue weighted by molar-refractivity contribution is -0.123. The molecule has 3 heterocycles. The normalized spacial score (nSPS) is 15.2. The van der Waals surface area contributed by atoms with Crippen molar-refractivity contribution in [2.45, 2.75) is 31.2 Å². The van der Waals surface area contributed by atoms with E-state index in [1.54, 1.807) is 23.3 Å². The number of ether oxygens (including phenoxy) is 1. The number of fused-ring (bicyclic) bond motifs is 1. The summed E-state index contributed by atoms with van der Waals surface area (Å²) in [7, 11) is -3.99. The number of carbonyl (C=O) groups excluding carboxylic acids is 1. The van der Waals surface area contributed by atoms with E-state index in [0.29, 0.717) is 30.3 Å². The number of hydrogen-bond acceptors (Lipinski definition) is 7. The Morgan fingerprint density at radius 2 is 1.97 bits per heavy atom. The Labute approximate surface area is 218 Å². The molecule has 4 aromatic rings. The Hall–Kier alpha value is -3.28. The van der Waals surface area contributed by atoms with E-state index in [4.69, 9.17) is 14.1 Å². The lowest BCUT2D eigenvalue weighted by Crippen LogP contribution is -2.44. The number of furan rings is 1. The first kappa shape index (κ1) is 25.4. The quantitative estimate of drug-likeness (QED) is 0.308. The first-order valence-electron chi connectivity index (χ1n) is 12.0. The van der Waals surface area contributed by atoms with Gasteiger partial charge in [-0.2, -0.15) is 4.31 Å². The molecule has 1 aliphatic heterocycles. The van der Waals surface area contributed by atoms with E-state index in [1.807, 2.05) is 25.1 Å². The first-order valence-corrected chi connectivity index (χ1v) is 14.2. The van der Waals surface area contributed by atoms with Crippen LogP contribution < -0.4 is 9.64 Å². The van der Waals surface area contributed by atoms with Gasteiger partial charge in [0.05, 0.1) is 29.6 Å². The van der Waals surface area contributed by atoms with Crippen LogP contribution in [0.4, 0.5) is 9.52 Å². The minimum atomic E-state index is -3.99. The molecule has 5 rings (SSSR count). The predicted molar refractivity (Wildman–Crippen MR) is 139 cm³/mol. The van der Waals surface area contributed by atoms with Crippen LogP contribution in [0.5, 0.6) is 5.75 Å². The smallest absolute Gasteiger partial charge is 0.245 e. The van der Waals surface area contributed by atoms with E-state index in [0.717, 1.165) is 22.0 Å². The molecule has 0 radical (unpaired) electrons. The van der Waals surface area contributed by atoms with E-state index in [1.165, 1.54) is 33.8 Å². The molecule has 0 spiro atoms. The number of aromatic nitrogens is 1. The number of benzene rings is 2. The van der Waals surface area contributed by atoms with Gasteiger partial charge < -0.3 is 9.15 Å². The number of halogens is 1. The largest absolute Gasteiger partial charge is 0.494 e. The molecule has 0 saturated carbocycles. The number of rotatable bonds is 8. The summed E-state index contributed by atoms with van der Waals surface area (Å²) < 4.78 is 53.4. The highest BCUT2D eigenvalue weighted by molar-refractivity contribution is 7.89. The van der Waals surface area contributed by atoms with Crippen molar-refractivity contribution in [3.63, 3.8) is 0 Å². The van der Waals surface area contributed by atoms with Crippen LogP contribution in [0.2, 0.25) is 0 Å². The van der Waals surface area contributed by atoms with Crippen LogP contribution >= 0.6 is 11.3 Å². The SMILES string of the molecule is CCOc1ccc2nc(N(Cc3ccco3)C(=O)C3CCN(S(=O)(=O)c4ccccc4F)CC3)sc2c1. The Morgan fingerprint density at radius 3 is 2.68 bits per heavy atom. The minimum absolute atomic E-state index is 0.124. The van der Waals surface area contributed by atoms with E-state index in [9.17, 15) is 17.6 Å². The minimum Gasteiger partial charge on any atom is -0.494 e. The number of piperidine rings is 1. The van der Waals surface area contributed by atoms with Crippen LogP contribution in [-0.4, -0.2) is 43.3 Å². The Balaban J connectivity index is 1.37. The molecule has 1 fully saturated rings. The fourth-order valence-electron chi connectivity index (χ4n) is 4.42. The van der Waals surface area contributed by atoms with Gasteiger partial charge in [-0.3, -0.25) is 9.69 Å². The van der Waals surface area contributed by atoms with Gasteiger partial charge in [0.25, 0.3) is 0 Å². The van der Waals surface area contributed by atoms with Crippen LogP contribution in [0.25, 0.3) is 10.2 Å². The third-order valence-electron chi connectivity index (χ3n) is 6.31. The fourth-order valence-corrected chi connectivity index (χ4v) is 6.95. The standard InChI is InChI=1S/C26H26FN3O5S2/c1-2-34-19-9-10-22-23(16-19)36-26(28-22)30(17-20-6-5-15-35-20)25(31)18-11-13-29(14-12-18)37(32,33)24-8-4-3-7-21(24)27/h3-10,15-16,18H,2,11-14,17H2,1H3. The second-order valence-corrected chi connectivity index (χ2v) is 11.6. The highest BCUT2D eigenvalue weighted by Gasteiger charge is 2.36. The zero-order valence-electron chi connectivity index (χ0n) is 20.2. The Morgan fingerprint density at radius 1 is 1.19 bits per heavy atom. The monoisotopic (exact) mass is 543 g/mol. The van der Waals surface area contributed by atoms with Gasteiger partial charge in [0, 0.05) is 19.0 Å². The van der Waals surface area contributed by atoms with Gasteiger partial charge in [0.15, 0.2) is 5.13 Å². The molecule has 11 heteroatoms. The van der Waals surface area contributed by atoms with Crippen molar-refractivity contribution in [1.82, 2.24) is 9.29 Å². The van der Waals surface area contributed by atoms with Crippen molar-refractivity contribution >= 4 is 42.6 Å². The average Bonchev–Trinajstić information content (AvgIpc) is 3.57. The number of hydrogen-bond donors (Lipinski definition) is 0. The van der Waals surface area contributed by atoms with Crippen molar-refractivity contribution in [3.8, 4) is 5.75 Å². The number of thiazole rings is 1. The zero-order valence-corrected chi connectivity index (χ0v) is 21.8. The molecule has 8 nitrogen and oxygen atoms in total. The van der Waals surface area contributed by atoms with Crippen molar-refractivity contribution < 1.29 is 26.8 Å². The van der Waals surface area contributed by atoms with Gasteiger partial charge in [0.1, 0.15) is 22.2 Å². The molecule has 0 N–H and O–H groups in total. The van der Waals surface area contributed by atoms with Gasteiger partial charge in [0.2, 0.25) is 15.9 Å². The van der Waals surface area contributed by atoms with E-state index in [-0.39, 0.29) is 30.4 Å². The fraction of sp³-hybridized carbons (Fsp3) is 0.308. The highest BCUT2D eigenvalue weighted by Crippen LogP contribution is 2.35. The van der Waals surface area contributed by atoms with Crippen LogP contribution in [0.15, 0.2) is 70.2 Å². The second kappa shape index (κ2) is 10.6. The van der Waals surface area contributed by atoms with Gasteiger partial charge in [-0.25, -0.2) is 17.8 Å². The summed E-state index contributed by atoms with van der Waals surface area (Å²) in [4.78, 5) is 19.7. The Bertz CT molecular complexity index is 1500. The van der Waals surface area contributed by atoms with Gasteiger partial charge in [-0.05, 0) is 62.2 Å². The molecule has 2 aromatic carbocycles. The highest BCUT2D eigenvalue weighted by atomic mass is 32.2. The number of carbonyl (C=O) groups is 1. The van der Waals surface area contributed by atoms with Crippen LogP contribution in [0, 0.1) is 11.7 Å². The van der Waals surface area contributed by atoms with Crippen molar-refractivity contribution in [2.24, 2.45) is 5.92 Å². The third-order valence-corrected chi connectivity index (χ3v) is 9.28.